The number of amides is 2. The molecule has 0 radical (unpaired) electrons. The van der Waals surface area contributed by atoms with Crippen LogP contribution in [0.2, 0.25) is 0 Å². The summed E-state index contributed by atoms with van der Waals surface area (Å²) in [7, 11) is 1.62. The van der Waals surface area contributed by atoms with Crippen LogP contribution < -0.4 is 15.4 Å². The Balaban J connectivity index is 1.72. The monoisotopic (exact) mass is 302 g/mol. The highest BCUT2D eigenvalue weighted by atomic mass is 19.1. The molecule has 0 aromatic heterocycles. The fourth-order valence-electron chi connectivity index (χ4n) is 2.03. The Morgan fingerprint density at radius 3 is 2.73 bits per heavy atom. The fraction of sp³-hybridized carbons (Fsp3) is 0.235. The zero-order valence-electron chi connectivity index (χ0n) is 12.4. The van der Waals surface area contributed by atoms with Gasteiger partial charge in [-0.3, -0.25) is 0 Å². The summed E-state index contributed by atoms with van der Waals surface area (Å²) in [6.45, 7) is 0.661. The second-order valence-electron chi connectivity index (χ2n) is 4.80. The van der Waals surface area contributed by atoms with Crippen molar-refractivity contribution in [2.75, 3.05) is 13.7 Å². The van der Waals surface area contributed by atoms with Gasteiger partial charge in [-0.1, -0.05) is 30.3 Å². The maximum Gasteiger partial charge on any atom is 0.315 e. The second kappa shape index (κ2) is 8.02. The van der Waals surface area contributed by atoms with Crippen molar-refractivity contribution in [1.29, 1.82) is 0 Å². The summed E-state index contributed by atoms with van der Waals surface area (Å²) < 4.78 is 18.5. The van der Waals surface area contributed by atoms with Crippen molar-refractivity contribution >= 4 is 6.03 Å². The quantitative estimate of drug-likeness (QED) is 0.862. The lowest BCUT2D eigenvalue weighted by Crippen LogP contribution is -2.36. The van der Waals surface area contributed by atoms with Gasteiger partial charge in [0, 0.05) is 18.7 Å². The minimum atomic E-state index is -0.320. The molecular weight excluding hydrogens is 283 g/mol. The molecule has 22 heavy (non-hydrogen) atoms. The minimum absolute atomic E-state index is 0.164. The molecule has 5 heteroatoms. The predicted molar refractivity (Wildman–Crippen MR) is 83.3 cm³/mol. The number of methoxy groups -OCH3 is 1. The third-order valence-corrected chi connectivity index (χ3v) is 3.23. The first-order chi connectivity index (χ1) is 10.7. The van der Waals surface area contributed by atoms with Crippen LogP contribution in [0.4, 0.5) is 9.18 Å². The molecule has 0 saturated heterocycles. The summed E-state index contributed by atoms with van der Waals surface area (Å²) in [5, 5.41) is 5.38. The van der Waals surface area contributed by atoms with E-state index in [4.69, 9.17) is 4.74 Å². The maximum absolute atomic E-state index is 13.4. The van der Waals surface area contributed by atoms with E-state index in [0.717, 1.165) is 11.3 Å². The van der Waals surface area contributed by atoms with E-state index in [-0.39, 0.29) is 18.4 Å². The maximum atomic E-state index is 13.4. The zero-order valence-corrected chi connectivity index (χ0v) is 12.4. The molecule has 0 atom stereocenters. The van der Waals surface area contributed by atoms with Gasteiger partial charge in [-0.2, -0.15) is 0 Å². The van der Waals surface area contributed by atoms with Crippen LogP contribution in [0.1, 0.15) is 11.1 Å². The average Bonchev–Trinajstić information content (AvgIpc) is 2.54. The van der Waals surface area contributed by atoms with E-state index < -0.39 is 0 Å². The number of benzene rings is 2. The van der Waals surface area contributed by atoms with Crippen LogP contribution in [0.15, 0.2) is 48.5 Å². The highest BCUT2D eigenvalue weighted by molar-refractivity contribution is 5.73. The molecule has 4 nitrogen and oxygen atoms in total. The first kappa shape index (κ1) is 15.8. The molecule has 2 N–H and O–H groups in total. The van der Waals surface area contributed by atoms with E-state index in [0.29, 0.717) is 18.5 Å². The van der Waals surface area contributed by atoms with E-state index in [1.807, 2.05) is 24.3 Å². The van der Waals surface area contributed by atoms with Crippen LogP contribution in [0, 0.1) is 5.82 Å². The third-order valence-electron chi connectivity index (χ3n) is 3.23. The lowest BCUT2D eigenvalue weighted by molar-refractivity contribution is 0.240. The van der Waals surface area contributed by atoms with Gasteiger partial charge in [0.15, 0.2) is 0 Å². The number of hydrogen-bond acceptors (Lipinski definition) is 2. The number of urea groups is 1. The van der Waals surface area contributed by atoms with Gasteiger partial charge in [0.25, 0.3) is 0 Å². The summed E-state index contributed by atoms with van der Waals surface area (Å²) in [5.41, 5.74) is 1.54. The van der Waals surface area contributed by atoms with Crippen LogP contribution in [0.25, 0.3) is 0 Å². The Morgan fingerprint density at radius 2 is 1.95 bits per heavy atom. The van der Waals surface area contributed by atoms with Crippen molar-refractivity contribution in [3.63, 3.8) is 0 Å². The molecule has 2 amide bonds. The van der Waals surface area contributed by atoms with Gasteiger partial charge in [-0.05, 0) is 30.2 Å². The Bertz CT molecular complexity index is 632. The Labute approximate surface area is 129 Å². The molecule has 2 rings (SSSR count). The molecule has 0 fully saturated rings. The second-order valence-corrected chi connectivity index (χ2v) is 4.80. The van der Waals surface area contributed by atoms with E-state index in [1.54, 1.807) is 25.3 Å². The van der Waals surface area contributed by atoms with Crippen LogP contribution in [0.3, 0.4) is 0 Å². The molecule has 0 aliphatic rings. The van der Waals surface area contributed by atoms with E-state index in [9.17, 15) is 9.18 Å². The van der Waals surface area contributed by atoms with Crippen molar-refractivity contribution in [2.24, 2.45) is 0 Å². The number of rotatable bonds is 6. The molecule has 0 bridgehead atoms. The molecule has 116 valence electrons. The minimum Gasteiger partial charge on any atom is -0.497 e. The van der Waals surface area contributed by atoms with Crippen LogP contribution in [-0.2, 0) is 13.0 Å². The van der Waals surface area contributed by atoms with Gasteiger partial charge >= 0.3 is 6.03 Å². The summed E-state index contributed by atoms with van der Waals surface area (Å²) in [6, 6.07) is 13.7. The SMILES string of the molecule is COc1cccc(CCNC(=O)NCc2ccccc2F)c1. The zero-order chi connectivity index (χ0) is 15.8. The van der Waals surface area contributed by atoms with Crippen molar-refractivity contribution in [2.45, 2.75) is 13.0 Å². The van der Waals surface area contributed by atoms with Crippen LogP contribution in [0.5, 0.6) is 5.75 Å². The molecule has 0 unspecified atom stereocenters. The van der Waals surface area contributed by atoms with Gasteiger partial charge in [-0.25, -0.2) is 9.18 Å². The molecule has 0 spiro atoms. The van der Waals surface area contributed by atoms with E-state index >= 15 is 0 Å². The standard InChI is InChI=1S/C17H19FN2O2/c1-22-15-7-4-5-13(11-15)9-10-19-17(21)20-12-14-6-2-3-8-16(14)18/h2-8,11H,9-10,12H2,1H3,(H2,19,20,21). The third kappa shape index (κ3) is 4.77. The average molecular weight is 302 g/mol. The number of carbonyl (C=O) groups is 1. The van der Waals surface area contributed by atoms with Gasteiger partial charge in [0.1, 0.15) is 11.6 Å². The summed E-state index contributed by atoms with van der Waals surface area (Å²) in [6.07, 6.45) is 0.699. The molecule has 0 heterocycles. The Hall–Kier alpha value is -2.56. The van der Waals surface area contributed by atoms with E-state index in [2.05, 4.69) is 10.6 Å². The predicted octanol–water partition coefficient (Wildman–Crippen LogP) is 2.88. The first-order valence-corrected chi connectivity index (χ1v) is 7.07. The normalized spacial score (nSPS) is 10.1. The largest absolute Gasteiger partial charge is 0.497 e. The molecular formula is C17H19FN2O2. The molecule has 0 aliphatic heterocycles. The number of halogens is 1. The summed E-state index contributed by atoms with van der Waals surface area (Å²) >= 11 is 0. The van der Waals surface area contributed by atoms with Gasteiger partial charge in [-0.15, -0.1) is 0 Å². The van der Waals surface area contributed by atoms with Crippen molar-refractivity contribution in [3.8, 4) is 5.75 Å². The van der Waals surface area contributed by atoms with Crippen molar-refractivity contribution < 1.29 is 13.9 Å². The molecule has 2 aromatic carbocycles. The van der Waals surface area contributed by atoms with Crippen molar-refractivity contribution in [1.82, 2.24) is 10.6 Å². The Kier molecular flexibility index (Phi) is 5.77. The number of hydrogen-bond donors (Lipinski definition) is 2. The van der Waals surface area contributed by atoms with Crippen LogP contribution in [-0.4, -0.2) is 19.7 Å². The smallest absolute Gasteiger partial charge is 0.315 e. The molecule has 2 aromatic rings. The highest BCUT2D eigenvalue weighted by Crippen LogP contribution is 2.12. The van der Waals surface area contributed by atoms with Gasteiger partial charge in [0.05, 0.1) is 7.11 Å². The number of nitrogens with one attached hydrogen (secondary N) is 2. The lowest BCUT2D eigenvalue weighted by atomic mass is 10.1. The molecule has 0 saturated carbocycles. The summed E-state index contributed by atoms with van der Waals surface area (Å²) in [4.78, 5) is 11.7. The first-order valence-electron chi connectivity index (χ1n) is 7.07. The lowest BCUT2D eigenvalue weighted by Gasteiger charge is -2.09. The fourth-order valence-corrected chi connectivity index (χ4v) is 2.03. The van der Waals surface area contributed by atoms with Gasteiger partial charge in [0.2, 0.25) is 0 Å². The summed E-state index contributed by atoms with van der Waals surface area (Å²) in [5.74, 6) is 0.473. The van der Waals surface area contributed by atoms with Crippen molar-refractivity contribution in [3.05, 3.63) is 65.5 Å². The molecule has 0 aliphatic carbocycles. The van der Waals surface area contributed by atoms with Crippen LogP contribution >= 0.6 is 0 Å². The number of ether oxygens (including phenoxy) is 1. The van der Waals surface area contributed by atoms with Gasteiger partial charge < -0.3 is 15.4 Å². The highest BCUT2D eigenvalue weighted by Gasteiger charge is 2.04. The topological polar surface area (TPSA) is 50.4 Å². The van der Waals surface area contributed by atoms with E-state index in [1.165, 1.54) is 6.07 Å². The number of carbonyl (C=O) groups excluding carboxylic acids is 1. The Morgan fingerprint density at radius 1 is 1.14 bits per heavy atom.